The van der Waals surface area contributed by atoms with Crippen LogP contribution in [0.2, 0.25) is 0 Å². The highest BCUT2D eigenvalue weighted by Crippen LogP contribution is 2.41. The first-order valence-electron chi connectivity index (χ1n) is 6.80. The standard InChI is InChI=1S/C15H21NO2/c1-15(2)11-12-5-3-6-13(14(12)18-15)17-10-9-16-7-4-8-16/h3,5-6H,4,7-11H2,1-2H3. The van der Waals surface area contributed by atoms with E-state index in [0.29, 0.717) is 0 Å². The molecule has 0 radical (unpaired) electrons. The van der Waals surface area contributed by atoms with Gasteiger partial charge in [0.15, 0.2) is 11.5 Å². The Bertz CT molecular complexity index is 438. The predicted octanol–water partition coefficient (Wildman–Crippen LogP) is 2.48. The van der Waals surface area contributed by atoms with E-state index in [1.807, 2.05) is 6.07 Å². The molecule has 0 unspecified atom stereocenters. The molecule has 0 N–H and O–H groups in total. The molecule has 1 aromatic carbocycles. The molecule has 2 heterocycles. The summed E-state index contributed by atoms with van der Waals surface area (Å²) in [6, 6.07) is 6.20. The van der Waals surface area contributed by atoms with E-state index in [-0.39, 0.29) is 5.60 Å². The van der Waals surface area contributed by atoms with Crippen molar-refractivity contribution in [3.8, 4) is 11.5 Å². The van der Waals surface area contributed by atoms with Crippen LogP contribution in [0.3, 0.4) is 0 Å². The smallest absolute Gasteiger partial charge is 0.165 e. The fraction of sp³-hybridized carbons (Fsp3) is 0.600. The number of hydrogen-bond donors (Lipinski definition) is 0. The van der Waals surface area contributed by atoms with Crippen molar-refractivity contribution in [2.75, 3.05) is 26.2 Å². The van der Waals surface area contributed by atoms with Crippen LogP contribution in [0.4, 0.5) is 0 Å². The van der Waals surface area contributed by atoms with Crippen LogP contribution in [0.15, 0.2) is 18.2 Å². The third-order valence-electron chi connectivity index (χ3n) is 3.67. The lowest BCUT2D eigenvalue weighted by Gasteiger charge is -2.30. The first-order chi connectivity index (χ1) is 8.64. The maximum Gasteiger partial charge on any atom is 0.165 e. The zero-order chi connectivity index (χ0) is 12.6. The Morgan fingerprint density at radius 1 is 1.33 bits per heavy atom. The largest absolute Gasteiger partial charge is 0.488 e. The number of rotatable bonds is 4. The zero-order valence-corrected chi connectivity index (χ0v) is 11.2. The second-order valence-electron chi connectivity index (χ2n) is 5.83. The second kappa shape index (κ2) is 4.47. The van der Waals surface area contributed by atoms with Gasteiger partial charge >= 0.3 is 0 Å². The first kappa shape index (κ1) is 11.8. The van der Waals surface area contributed by atoms with Crippen LogP contribution >= 0.6 is 0 Å². The van der Waals surface area contributed by atoms with Gasteiger partial charge in [-0.05, 0) is 39.4 Å². The minimum atomic E-state index is -0.0979. The molecule has 1 saturated heterocycles. The maximum absolute atomic E-state index is 5.98. The molecule has 3 nitrogen and oxygen atoms in total. The fourth-order valence-electron chi connectivity index (χ4n) is 2.59. The summed E-state index contributed by atoms with van der Waals surface area (Å²) in [5.74, 6) is 1.85. The third-order valence-corrected chi connectivity index (χ3v) is 3.67. The van der Waals surface area contributed by atoms with E-state index >= 15 is 0 Å². The molecule has 3 heteroatoms. The minimum Gasteiger partial charge on any atom is -0.488 e. The van der Waals surface area contributed by atoms with Gasteiger partial charge in [-0.15, -0.1) is 0 Å². The molecule has 0 bridgehead atoms. The number of ether oxygens (including phenoxy) is 2. The van der Waals surface area contributed by atoms with Crippen LogP contribution < -0.4 is 9.47 Å². The summed E-state index contributed by atoms with van der Waals surface area (Å²) in [4.78, 5) is 2.41. The van der Waals surface area contributed by atoms with E-state index in [9.17, 15) is 0 Å². The van der Waals surface area contributed by atoms with Crippen molar-refractivity contribution in [2.24, 2.45) is 0 Å². The monoisotopic (exact) mass is 247 g/mol. The molecule has 1 fully saturated rings. The van der Waals surface area contributed by atoms with Gasteiger partial charge < -0.3 is 9.47 Å². The second-order valence-corrected chi connectivity index (χ2v) is 5.83. The Morgan fingerprint density at radius 3 is 2.89 bits per heavy atom. The summed E-state index contributed by atoms with van der Waals surface area (Å²) >= 11 is 0. The molecular formula is C15H21NO2. The van der Waals surface area contributed by atoms with Crippen molar-refractivity contribution in [1.29, 1.82) is 0 Å². The summed E-state index contributed by atoms with van der Waals surface area (Å²) in [7, 11) is 0. The van der Waals surface area contributed by atoms with Gasteiger partial charge in [0.2, 0.25) is 0 Å². The molecule has 18 heavy (non-hydrogen) atoms. The van der Waals surface area contributed by atoms with Gasteiger partial charge in [0.05, 0.1) is 0 Å². The van der Waals surface area contributed by atoms with Gasteiger partial charge in [0.1, 0.15) is 12.2 Å². The summed E-state index contributed by atoms with van der Waals surface area (Å²) in [6.07, 6.45) is 2.30. The molecule has 1 aromatic rings. The fourth-order valence-corrected chi connectivity index (χ4v) is 2.59. The molecule has 2 aliphatic heterocycles. The predicted molar refractivity (Wildman–Crippen MR) is 71.4 cm³/mol. The normalized spacial score (nSPS) is 21.0. The van der Waals surface area contributed by atoms with E-state index < -0.39 is 0 Å². The molecule has 0 spiro atoms. The minimum absolute atomic E-state index is 0.0979. The maximum atomic E-state index is 5.98. The topological polar surface area (TPSA) is 21.7 Å². The van der Waals surface area contributed by atoms with Crippen LogP contribution in [0.5, 0.6) is 11.5 Å². The Morgan fingerprint density at radius 2 is 2.17 bits per heavy atom. The molecule has 0 amide bonds. The van der Waals surface area contributed by atoms with Crippen molar-refractivity contribution in [2.45, 2.75) is 32.3 Å². The molecule has 2 aliphatic rings. The van der Waals surface area contributed by atoms with Crippen molar-refractivity contribution in [1.82, 2.24) is 4.90 Å². The van der Waals surface area contributed by atoms with Crippen LogP contribution in [0, 0.1) is 0 Å². The van der Waals surface area contributed by atoms with Gasteiger partial charge in [-0.25, -0.2) is 0 Å². The summed E-state index contributed by atoms with van der Waals surface area (Å²) in [5.41, 5.74) is 1.17. The number of likely N-dealkylation sites (tertiary alicyclic amines) is 1. The van der Waals surface area contributed by atoms with Crippen LogP contribution in [-0.2, 0) is 6.42 Å². The van der Waals surface area contributed by atoms with Gasteiger partial charge in [0.25, 0.3) is 0 Å². The molecule has 0 atom stereocenters. The van der Waals surface area contributed by atoms with Gasteiger partial charge in [-0.2, -0.15) is 0 Å². The van der Waals surface area contributed by atoms with E-state index in [4.69, 9.17) is 9.47 Å². The highest BCUT2D eigenvalue weighted by atomic mass is 16.5. The Kier molecular flexibility index (Phi) is 2.94. The number of hydrogen-bond acceptors (Lipinski definition) is 3. The Labute approximate surface area is 109 Å². The van der Waals surface area contributed by atoms with Gasteiger partial charge in [-0.1, -0.05) is 12.1 Å². The van der Waals surface area contributed by atoms with Crippen molar-refractivity contribution in [3.63, 3.8) is 0 Å². The highest BCUT2D eigenvalue weighted by molar-refractivity contribution is 5.50. The molecule has 0 aromatic heterocycles. The van der Waals surface area contributed by atoms with Gasteiger partial charge in [0, 0.05) is 18.5 Å². The van der Waals surface area contributed by atoms with Crippen LogP contribution in [-0.4, -0.2) is 36.7 Å². The van der Waals surface area contributed by atoms with Crippen LogP contribution in [0.1, 0.15) is 25.8 Å². The third kappa shape index (κ3) is 2.32. The lowest BCUT2D eigenvalue weighted by molar-refractivity contribution is 0.123. The quantitative estimate of drug-likeness (QED) is 0.816. The van der Waals surface area contributed by atoms with E-state index in [0.717, 1.165) is 31.1 Å². The Balaban J connectivity index is 1.64. The van der Waals surface area contributed by atoms with Crippen molar-refractivity contribution in [3.05, 3.63) is 23.8 Å². The first-order valence-corrected chi connectivity index (χ1v) is 6.80. The molecule has 98 valence electrons. The van der Waals surface area contributed by atoms with E-state index in [1.165, 1.54) is 25.1 Å². The van der Waals surface area contributed by atoms with Crippen LogP contribution in [0.25, 0.3) is 0 Å². The number of benzene rings is 1. The molecule has 0 aliphatic carbocycles. The van der Waals surface area contributed by atoms with E-state index in [2.05, 4.69) is 30.9 Å². The summed E-state index contributed by atoms with van der Waals surface area (Å²) in [6.45, 7) is 8.46. The molecule has 0 saturated carbocycles. The average Bonchev–Trinajstić information content (AvgIpc) is 2.56. The molecular weight excluding hydrogens is 226 g/mol. The summed E-state index contributed by atoms with van der Waals surface area (Å²) in [5, 5.41) is 0. The molecule has 3 rings (SSSR count). The SMILES string of the molecule is CC1(C)Cc2cccc(OCCN3CCC3)c2O1. The van der Waals surface area contributed by atoms with Crippen molar-refractivity contribution < 1.29 is 9.47 Å². The van der Waals surface area contributed by atoms with E-state index in [1.54, 1.807) is 0 Å². The zero-order valence-electron chi connectivity index (χ0n) is 11.2. The summed E-state index contributed by atoms with van der Waals surface area (Å²) < 4.78 is 11.9. The highest BCUT2D eigenvalue weighted by Gasteiger charge is 2.32. The number of fused-ring (bicyclic) bond motifs is 1. The average molecular weight is 247 g/mol. The number of nitrogens with zero attached hydrogens (tertiary/aromatic N) is 1. The lowest BCUT2D eigenvalue weighted by Crippen LogP contribution is -2.39. The lowest BCUT2D eigenvalue weighted by atomic mass is 10.0. The van der Waals surface area contributed by atoms with Gasteiger partial charge in [-0.3, -0.25) is 4.90 Å². The number of para-hydroxylation sites is 1. The van der Waals surface area contributed by atoms with Crippen molar-refractivity contribution >= 4 is 0 Å². The Hall–Kier alpha value is -1.22.